The second-order valence-electron chi connectivity index (χ2n) is 10.2. The first kappa shape index (κ1) is 24.0. The molecule has 1 amide bonds. The molecule has 1 atom stereocenters. The average molecular weight is 499 g/mol. The number of hydrogen-bond donors (Lipinski definition) is 3. The molecule has 6 bridgehead atoms. The Labute approximate surface area is 217 Å². The molecule has 0 aliphatic carbocycles. The van der Waals surface area contributed by atoms with Crippen molar-refractivity contribution in [3.63, 3.8) is 0 Å². The van der Waals surface area contributed by atoms with Gasteiger partial charge in [-0.1, -0.05) is 24.3 Å². The molecule has 0 saturated carbocycles. The number of anilines is 2. The number of nitrogens with one attached hydrogen (secondary N) is 3. The number of amides is 1. The summed E-state index contributed by atoms with van der Waals surface area (Å²) in [6.45, 7) is 4.58. The second-order valence-corrected chi connectivity index (χ2v) is 10.2. The fourth-order valence-corrected chi connectivity index (χ4v) is 5.60. The van der Waals surface area contributed by atoms with Crippen LogP contribution in [-0.2, 0) is 29.2 Å². The number of aromatic nitrogens is 2. The highest BCUT2D eigenvalue weighted by atomic mass is 16.5. The summed E-state index contributed by atoms with van der Waals surface area (Å²) in [6.07, 6.45) is 5.78. The van der Waals surface area contributed by atoms with Crippen LogP contribution in [0.5, 0.6) is 0 Å². The molecule has 3 aromatic rings. The largest absolute Gasteiger partial charge is 0.381 e. The average Bonchev–Trinajstić information content (AvgIpc) is 3.39. The Hall–Kier alpha value is -3.33. The number of carbonyl (C=O) groups excluding carboxylic acids is 1. The third kappa shape index (κ3) is 5.82. The molecule has 37 heavy (non-hydrogen) atoms. The van der Waals surface area contributed by atoms with Crippen LogP contribution in [0.15, 0.2) is 54.7 Å². The molecule has 0 spiro atoms. The van der Waals surface area contributed by atoms with Crippen LogP contribution in [0.2, 0.25) is 0 Å². The molecule has 1 aromatic heterocycles. The lowest BCUT2D eigenvalue weighted by atomic mass is 10.1. The molecular weight excluding hydrogens is 464 g/mol. The predicted octanol–water partition coefficient (Wildman–Crippen LogP) is 3.75. The molecule has 3 N–H and O–H groups in total. The minimum absolute atomic E-state index is 0.104. The minimum atomic E-state index is -0.104. The van der Waals surface area contributed by atoms with Crippen molar-refractivity contribution in [1.82, 2.24) is 25.5 Å². The third-order valence-electron chi connectivity index (χ3n) is 7.52. The van der Waals surface area contributed by atoms with Gasteiger partial charge in [0.1, 0.15) is 0 Å². The Morgan fingerprint density at radius 3 is 2.89 bits per heavy atom. The first-order chi connectivity index (χ1) is 18.2. The van der Waals surface area contributed by atoms with Crippen molar-refractivity contribution < 1.29 is 9.53 Å². The number of rotatable bonds is 3. The van der Waals surface area contributed by atoms with Crippen LogP contribution >= 0.6 is 0 Å². The van der Waals surface area contributed by atoms with Crippen LogP contribution in [0.4, 0.5) is 11.6 Å². The van der Waals surface area contributed by atoms with E-state index >= 15 is 0 Å². The predicted molar refractivity (Wildman–Crippen MR) is 143 cm³/mol. The van der Waals surface area contributed by atoms with Crippen LogP contribution < -0.4 is 16.0 Å². The van der Waals surface area contributed by atoms with Crippen molar-refractivity contribution >= 4 is 17.5 Å². The van der Waals surface area contributed by atoms with E-state index in [2.05, 4.69) is 50.1 Å². The monoisotopic (exact) mass is 498 g/mol. The lowest BCUT2D eigenvalue weighted by Crippen LogP contribution is -2.42. The Kier molecular flexibility index (Phi) is 7.12. The molecule has 2 saturated heterocycles. The zero-order valence-corrected chi connectivity index (χ0v) is 21.1. The van der Waals surface area contributed by atoms with E-state index in [1.165, 1.54) is 11.1 Å². The standard InChI is InChI=1S/C29H34N6O2/c36-28-27-5-2-10-35(27)19-22-13-21(18-31-24-7-11-37-12-8-24)15-25(16-22)33-29-30-9-6-26(34-29)23-4-1-3-20(14-23)17-32-28/h1,3-4,6,9,13-16,24,27,31H,2,5,7-8,10-12,17-19H2,(H,32,36)(H,30,33,34)/t27-/m0/s1. The molecular formula is C29H34N6O2. The van der Waals surface area contributed by atoms with Crippen molar-refractivity contribution in [3.8, 4) is 11.3 Å². The zero-order valence-electron chi connectivity index (χ0n) is 21.1. The van der Waals surface area contributed by atoms with E-state index in [1.54, 1.807) is 6.20 Å². The second kappa shape index (κ2) is 11.0. The van der Waals surface area contributed by atoms with E-state index in [9.17, 15) is 4.79 Å². The maximum atomic E-state index is 13.2. The highest BCUT2D eigenvalue weighted by molar-refractivity contribution is 5.82. The van der Waals surface area contributed by atoms with Gasteiger partial charge in [0, 0.05) is 56.3 Å². The molecule has 0 radical (unpaired) electrons. The number of ether oxygens (including phenoxy) is 1. The van der Waals surface area contributed by atoms with Gasteiger partial charge >= 0.3 is 0 Å². The van der Waals surface area contributed by atoms with Gasteiger partial charge in [-0.25, -0.2) is 9.97 Å². The van der Waals surface area contributed by atoms with Gasteiger partial charge in [-0.2, -0.15) is 0 Å². The molecule has 6 rings (SSSR count). The maximum absolute atomic E-state index is 13.2. The van der Waals surface area contributed by atoms with Crippen molar-refractivity contribution in [3.05, 3.63) is 71.4 Å². The Morgan fingerprint density at radius 1 is 1.05 bits per heavy atom. The van der Waals surface area contributed by atoms with Crippen molar-refractivity contribution in [1.29, 1.82) is 0 Å². The van der Waals surface area contributed by atoms with E-state index < -0.39 is 0 Å². The zero-order chi connectivity index (χ0) is 25.0. The first-order valence-electron chi connectivity index (χ1n) is 13.3. The lowest BCUT2D eigenvalue weighted by molar-refractivity contribution is -0.125. The SMILES string of the molecule is O=C1NCc2cccc(c2)-c2ccnc(n2)Nc2cc(CNC3CCOCC3)cc(c2)CN2CCC[C@@H]12. The van der Waals surface area contributed by atoms with Gasteiger partial charge in [-0.05, 0) is 73.2 Å². The van der Waals surface area contributed by atoms with Gasteiger partial charge in [0.15, 0.2) is 0 Å². The summed E-state index contributed by atoms with van der Waals surface area (Å²) in [7, 11) is 0. The summed E-state index contributed by atoms with van der Waals surface area (Å²) in [5.74, 6) is 0.679. The molecule has 8 heteroatoms. The van der Waals surface area contributed by atoms with E-state index in [0.29, 0.717) is 18.5 Å². The van der Waals surface area contributed by atoms with Gasteiger partial charge in [-0.15, -0.1) is 0 Å². The van der Waals surface area contributed by atoms with Crippen LogP contribution in [0.1, 0.15) is 42.4 Å². The third-order valence-corrected chi connectivity index (χ3v) is 7.52. The van der Waals surface area contributed by atoms with Gasteiger partial charge < -0.3 is 20.7 Å². The van der Waals surface area contributed by atoms with Crippen LogP contribution in [0.3, 0.4) is 0 Å². The minimum Gasteiger partial charge on any atom is -0.381 e. The summed E-state index contributed by atoms with van der Waals surface area (Å²) in [5, 5.41) is 10.3. The molecule has 3 aliphatic heterocycles. The van der Waals surface area contributed by atoms with Crippen LogP contribution in [-0.4, -0.2) is 52.6 Å². The Bertz CT molecular complexity index is 1260. The molecule has 192 valence electrons. The maximum Gasteiger partial charge on any atom is 0.237 e. The molecule has 2 fully saturated rings. The van der Waals surface area contributed by atoms with E-state index in [4.69, 9.17) is 9.72 Å². The number of benzene rings is 2. The Balaban J connectivity index is 1.34. The molecule has 2 aromatic carbocycles. The van der Waals surface area contributed by atoms with Crippen LogP contribution in [0.25, 0.3) is 11.3 Å². The van der Waals surface area contributed by atoms with Gasteiger partial charge in [0.25, 0.3) is 0 Å². The van der Waals surface area contributed by atoms with E-state index in [1.807, 2.05) is 24.3 Å². The van der Waals surface area contributed by atoms with Gasteiger partial charge in [-0.3, -0.25) is 9.69 Å². The van der Waals surface area contributed by atoms with Crippen molar-refractivity contribution in [2.24, 2.45) is 0 Å². The highest BCUT2D eigenvalue weighted by Gasteiger charge is 2.30. The molecule has 3 aliphatic rings. The molecule has 4 heterocycles. The summed E-state index contributed by atoms with van der Waals surface area (Å²) >= 11 is 0. The van der Waals surface area contributed by atoms with Gasteiger partial charge in [0.2, 0.25) is 11.9 Å². The number of hydrogen-bond acceptors (Lipinski definition) is 7. The normalized spacial score (nSPS) is 20.6. The smallest absolute Gasteiger partial charge is 0.237 e. The fraction of sp³-hybridized carbons (Fsp3) is 0.414. The molecule has 8 nitrogen and oxygen atoms in total. The first-order valence-corrected chi connectivity index (χ1v) is 13.3. The summed E-state index contributed by atoms with van der Waals surface area (Å²) in [5.41, 5.74) is 6.25. The quantitative estimate of drug-likeness (QED) is 0.507. The van der Waals surface area contributed by atoms with Crippen molar-refractivity contribution in [2.75, 3.05) is 25.1 Å². The van der Waals surface area contributed by atoms with Crippen LogP contribution in [0, 0.1) is 0 Å². The summed E-state index contributed by atoms with van der Waals surface area (Å²) in [6, 6.07) is 17.1. The lowest BCUT2D eigenvalue weighted by Gasteiger charge is -2.25. The summed E-state index contributed by atoms with van der Waals surface area (Å²) < 4.78 is 5.51. The van der Waals surface area contributed by atoms with E-state index in [0.717, 1.165) is 81.0 Å². The topological polar surface area (TPSA) is 91.4 Å². The van der Waals surface area contributed by atoms with Crippen molar-refractivity contribution in [2.45, 2.75) is 57.4 Å². The highest BCUT2D eigenvalue weighted by Crippen LogP contribution is 2.26. The fourth-order valence-electron chi connectivity index (χ4n) is 5.60. The number of fused-ring (bicyclic) bond motifs is 8. The van der Waals surface area contributed by atoms with E-state index in [-0.39, 0.29) is 11.9 Å². The number of carbonyl (C=O) groups is 1. The molecule has 0 unspecified atom stereocenters. The van der Waals surface area contributed by atoms with Gasteiger partial charge in [0.05, 0.1) is 11.7 Å². The Morgan fingerprint density at radius 2 is 1.97 bits per heavy atom. The summed E-state index contributed by atoms with van der Waals surface area (Å²) in [4.78, 5) is 24.8. The number of nitrogens with zero attached hydrogens (tertiary/aromatic N) is 3.